The van der Waals surface area contributed by atoms with E-state index in [4.69, 9.17) is 19.9 Å². The van der Waals surface area contributed by atoms with Gasteiger partial charge in [-0.3, -0.25) is 0 Å². The molecular weight excluding hydrogens is 278 g/mol. The summed E-state index contributed by atoms with van der Waals surface area (Å²) in [7, 11) is 0. The highest BCUT2D eigenvalue weighted by Crippen LogP contribution is 2.38. The summed E-state index contributed by atoms with van der Waals surface area (Å²) in [5.74, 6) is 2.28. The largest absolute Gasteiger partial charge is 0.494 e. The molecule has 0 fully saturated rings. The summed E-state index contributed by atoms with van der Waals surface area (Å²) >= 11 is 0. The van der Waals surface area contributed by atoms with E-state index in [1.54, 1.807) is 0 Å². The summed E-state index contributed by atoms with van der Waals surface area (Å²) in [6, 6.07) is 11.7. The van der Waals surface area contributed by atoms with Crippen LogP contribution in [0.5, 0.6) is 17.2 Å². The van der Waals surface area contributed by atoms with Gasteiger partial charge in [-0.05, 0) is 44.5 Å². The topological polar surface area (TPSA) is 53.7 Å². The molecule has 2 N–H and O–H groups in total. The van der Waals surface area contributed by atoms with Crippen LogP contribution < -0.4 is 19.9 Å². The summed E-state index contributed by atoms with van der Waals surface area (Å²) in [5, 5.41) is 0. The first kappa shape index (κ1) is 16.0. The molecule has 0 bridgehead atoms. The van der Waals surface area contributed by atoms with Gasteiger partial charge in [-0.1, -0.05) is 12.1 Å². The molecule has 0 heterocycles. The zero-order chi connectivity index (χ0) is 15.9. The summed E-state index contributed by atoms with van der Waals surface area (Å²) in [4.78, 5) is 0. The van der Waals surface area contributed by atoms with Gasteiger partial charge in [0.2, 0.25) is 0 Å². The Kier molecular flexibility index (Phi) is 5.53. The summed E-state index contributed by atoms with van der Waals surface area (Å²) < 4.78 is 16.8. The van der Waals surface area contributed by atoms with Gasteiger partial charge >= 0.3 is 0 Å². The fraction of sp³-hybridized carbons (Fsp3) is 0.333. The monoisotopic (exact) mass is 301 g/mol. The van der Waals surface area contributed by atoms with E-state index < -0.39 is 0 Å². The van der Waals surface area contributed by atoms with E-state index in [0.29, 0.717) is 31.3 Å². The molecule has 0 saturated carbocycles. The number of nitrogen functional groups attached to an aromatic ring is 1. The van der Waals surface area contributed by atoms with Crippen LogP contribution in [-0.4, -0.2) is 19.8 Å². The van der Waals surface area contributed by atoms with Crippen molar-refractivity contribution in [1.82, 2.24) is 0 Å². The summed E-state index contributed by atoms with van der Waals surface area (Å²) in [6.45, 7) is 7.66. The van der Waals surface area contributed by atoms with Gasteiger partial charge < -0.3 is 19.9 Å². The van der Waals surface area contributed by atoms with Gasteiger partial charge in [0.05, 0.1) is 25.5 Å². The second-order valence-corrected chi connectivity index (χ2v) is 4.71. The third-order valence-corrected chi connectivity index (χ3v) is 3.19. The third kappa shape index (κ3) is 3.64. The van der Waals surface area contributed by atoms with Gasteiger partial charge in [-0.15, -0.1) is 0 Å². The van der Waals surface area contributed by atoms with Crippen molar-refractivity contribution in [3.05, 3.63) is 36.4 Å². The Labute approximate surface area is 131 Å². The molecule has 118 valence electrons. The first-order valence-corrected chi connectivity index (χ1v) is 7.61. The van der Waals surface area contributed by atoms with Crippen LogP contribution in [0.4, 0.5) is 5.69 Å². The maximum Gasteiger partial charge on any atom is 0.143 e. The summed E-state index contributed by atoms with van der Waals surface area (Å²) in [5.41, 5.74) is 8.60. The molecule has 0 aliphatic carbocycles. The van der Waals surface area contributed by atoms with Crippen molar-refractivity contribution in [1.29, 1.82) is 0 Å². The van der Waals surface area contributed by atoms with Crippen LogP contribution in [0, 0.1) is 0 Å². The minimum atomic E-state index is 0.570. The van der Waals surface area contributed by atoms with Crippen molar-refractivity contribution in [2.45, 2.75) is 20.8 Å². The molecule has 4 nitrogen and oxygen atoms in total. The average Bonchev–Trinajstić information content (AvgIpc) is 2.52. The number of benzene rings is 2. The smallest absolute Gasteiger partial charge is 0.143 e. The van der Waals surface area contributed by atoms with Crippen LogP contribution in [0.3, 0.4) is 0 Å². The Bertz CT molecular complexity index is 608. The lowest BCUT2D eigenvalue weighted by Crippen LogP contribution is -2.01. The maximum atomic E-state index is 6.02. The average molecular weight is 301 g/mol. The normalized spacial score (nSPS) is 10.3. The molecule has 0 saturated heterocycles. The summed E-state index contributed by atoms with van der Waals surface area (Å²) in [6.07, 6.45) is 0. The van der Waals surface area contributed by atoms with Crippen molar-refractivity contribution in [2.75, 3.05) is 25.6 Å². The van der Waals surface area contributed by atoms with Crippen LogP contribution in [0.2, 0.25) is 0 Å². The van der Waals surface area contributed by atoms with Gasteiger partial charge in [0, 0.05) is 11.6 Å². The predicted molar refractivity (Wildman–Crippen MR) is 89.8 cm³/mol. The molecular formula is C18H23NO3. The van der Waals surface area contributed by atoms with Crippen LogP contribution in [0.1, 0.15) is 20.8 Å². The molecule has 0 aromatic heterocycles. The molecule has 2 rings (SSSR count). The van der Waals surface area contributed by atoms with E-state index in [2.05, 4.69) is 0 Å². The predicted octanol–water partition coefficient (Wildman–Crippen LogP) is 4.13. The van der Waals surface area contributed by atoms with Crippen molar-refractivity contribution in [2.24, 2.45) is 0 Å². The van der Waals surface area contributed by atoms with Crippen LogP contribution in [0.25, 0.3) is 11.1 Å². The Balaban J connectivity index is 2.43. The number of hydrogen-bond donors (Lipinski definition) is 1. The lowest BCUT2D eigenvalue weighted by atomic mass is 10.0. The van der Waals surface area contributed by atoms with Gasteiger partial charge in [-0.25, -0.2) is 0 Å². The number of anilines is 1. The molecule has 0 radical (unpaired) electrons. The lowest BCUT2D eigenvalue weighted by Gasteiger charge is -2.15. The molecule has 2 aromatic rings. The van der Waals surface area contributed by atoms with Crippen LogP contribution >= 0.6 is 0 Å². The van der Waals surface area contributed by atoms with Gasteiger partial charge in [0.1, 0.15) is 17.2 Å². The fourth-order valence-electron chi connectivity index (χ4n) is 2.25. The van der Waals surface area contributed by atoms with E-state index >= 15 is 0 Å². The maximum absolute atomic E-state index is 6.02. The second kappa shape index (κ2) is 7.59. The molecule has 0 aliphatic heterocycles. The highest BCUT2D eigenvalue weighted by molar-refractivity contribution is 5.77. The molecule has 0 amide bonds. The quantitative estimate of drug-likeness (QED) is 0.781. The van der Waals surface area contributed by atoms with Crippen LogP contribution in [0.15, 0.2) is 36.4 Å². The highest BCUT2D eigenvalue weighted by atomic mass is 16.5. The van der Waals surface area contributed by atoms with Crippen molar-refractivity contribution < 1.29 is 14.2 Å². The number of ether oxygens (including phenoxy) is 3. The molecule has 2 aromatic carbocycles. The lowest BCUT2D eigenvalue weighted by molar-refractivity contribution is 0.333. The van der Waals surface area contributed by atoms with E-state index in [1.807, 2.05) is 57.2 Å². The first-order valence-electron chi connectivity index (χ1n) is 7.61. The number of rotatable bonds is 7. The molecule has 22 heavy (non-hydrogen) atoms. The Hall–Kier alpha value is -2.36. The Morgan fingerprint density at radius 3 is 1.95 bits per heavy atom. The SMILES string of the molecule is CCOc1ccc(-c2cc(OCC)c(N)cc2OCC)cc1. The van der Waals surface area contributed by atoms with Crippen molar-refractivity contribution >= 4 is 5.69 Å². The zero-order valence-electron chi connectivity index (χ0n) is 13.4. The van der Waals surface area contributed by atoms with Crippen molar-refractivity contribution in [3.63, 3.8) is 0 Å². The second-order valence-electron chi connectivity index (χ2n) is 4.71. The van der Waals surface area contributed by atoms with Gasteiger partial charge in [0.25, 0.3) is 0 Å². The zero-order valence-corrected chi connectivity index (χ0v) is 13.4. The van der Waals surface area contributed by atoms with Gasteiger partial charge in [0.15, 0.2) is 0 Å². The van der Waals surface area contributed by atoms with E-state index in [-0.39, 0.29) is 0 Å². The highest BCUT2D eigenvalue weighted by Gasteiger charge is 2.12. The Morgan fingerprint density at radius 2 is 1.36 bits per heavy atom. The molecule has 4 heteroatoms. The molecule has 0 aliphatic rings. The van der Waals surface area contributed by atoms with Gasteiger partial charge in [-0.2, -0.15) is 0 Å². The van der Waals surface area contributed by atoms with Crippen molar-refractivity contribution in [3.8, 4) is 28.4 Å². The van der Waals surface area contributed by atoms with E-state index in [1.165, 1.54) is 0 Å². The minimum Gasteiger partial charge on any atom is -0.494 e. The number of hydrogen-bond acceptors (Lipinski definition) is 4. The number of nitrogens with two attached hydrogens (primary N) is 1. The first-order chi connectivity index (χ1) is 10.7. The molecule has 0 spiro atoms. The Morgan fingerprint density at radius 1 is 0.773 bits per heavy atom. The fourth-order valence-corrected chi connectivity index (χ4v) is 2.25. The third-order valence-electron chi connectivity index (χ3n) is 3.19. The van der Waals surface area contributed by atoms with Crippen LogP contribution in [-0.2, 0) is 0 Å². The standard InChI is InChI=1S/C18H23NO3/c1-4-20-14-9-7-13(8-10-14)15-11-18(22-6-3)16(19)12-17(15)21-5-2/h7-12H,4-6,19H2,1-3H3. The minimum absolute atomic E-state index is 0.570. The van der Waals surface area contributed by atoms with E-state index in [9.17, 15) is 0 Å². The van der Waals surface area contributed by atoms with E-state index in [0.717, 1.165) is 22.6 Å². The molecule has 0 unspecified atom stereocenters. The molecule has 0 atom stereocenters.